The molecule has 1 N–H and O–H groups in total. The lowest BCUT2D eigenvalue weighted by Gasteiger charge is -2.27. The summed E-state index contributed by atoms with van der Waals surface area (Å²) in [4.78, 5) is 13.1. The SMILES string of the molecule is CC(=O)NCc1cc2n(n1)CCN(Cc1ccc(Cl)cc1F)C2. The van der Waals surface area contributed by atoms with Crippen molar-refractivity contribution in [2.24, 2.45) is 0 Å². The van der Waals surface area contributed by atoms with Gasteiger partial charge in [-0.25, -0.2) is 4.39 Å². The molecule has 2 heterocycles. The van der Waals surface area contributed by atoms with E-state index in [-0.39, 0.29) is 11.7 Å². The molecule has 1 aromatic carbocycles. The highest BCUT2D eigenvalue weighted by Gasteiger charge is 2.19. The average Bonchev–Trinajstić information content (AvgIpc) is 2.90. The van der Waals surface area contributed by atoms with Crippen LogP contribution < -0.4 is 5.32 Å². The molecule has 0 atom stereocenters. The summed E-state index contributed by atoms with van der Waals surface area (Å²) in [6.45, 7) is 4.71. The van der Waals surface area contributed by atoms with Crippen molar-refractivity contribution in [3.8, 4) is 0 Å². The fraction of sp³-hybridized carbons (Fsp3) is 0.375. The van der Waals surface area contributed by atoms with Crippen LogP contribution in [0.15, 0.2) is 24.3 Å². The lowest BCUT2D eigenvalue weighted by atomic mass is 10.2. The van der Waals surface area contributed by atoms with E-state index in [1.807, 2.05) is 10.7 Å². The van der Waals surface area contributed by atoms with Gasteiger partial charge in [0.05, 0.1) is 24.5 Å². The highest BCUT2D eigenvalue weighted by Crippen LogP contribution is 2.20. The number of halogens is 2. The van der Waals surface area contributed by atoms with Gasteiger partial charge in [0.1, 0.15) is 5.82 Å². The van der Waals surface area contributed by atoms with Crippen LogP contribution in [0.1, 0.15) is 23.9 Å². The van der Waals surface area contributed by atoms with E-state index in [9.17, 15) is 9.18 Å². The molecule has 0 spiro atoms. The Labute approximate surface area is 139 Å². The molecule has 0 radical (unpaired) electrons. The van der Waals surface area contributed by atoms with Crippen molar-refractivity contribution in [1.82, 2.24) is 20.0 Å². The molecule has 0 fully saturated rings. The first-order chi connectivity index (χ1) is 11.0. The first kappa shape index (κ1) is 16.0. The van der Waals surface area contributed by atoms with Crippen LogP contribution in [0, 0.1) is 5.82 Å². The third-order valence-electron chi connectivity index (χ3n) is 3.86. The molecule has 5 nitrogen and oxygen atoms in total. The Kier molecular flexibility index (Phi) is 4.63. The first-order valence-electron chi connectivity index (χ1n) is 7.47. The van der Waals surface area contributed by atoms with Crippen molar-refractivity contribution in [3.05, 3.63) is 52.1 Å². The fourth-order valence-corrected chi connectivity index (χ4v) is 2.87. The highest BCUT2D eigenvalue weighted by atomic mass is 35.5. The zero-order valence-electron chi connectivity index (χ0n) is 12.9. The summed E-state index contributed by atoms with van der Waals surface area (Å²) in [7, 11) is 0. The number of carbonyl (C=O) groups is 1. The van der Waals surface area contributed by atoms with Gasteiger partial charge in [-0.3, -0.25) is 14.4 Å². The summed E-state index contributed by atoms with van der Waals surface area (Å²) in [5.41, 5.74) is 2.56. The molecule has 0 aliphatic carbocycles. The van der Waals surface area contributed by atoms with Gasteiger partial charge >= 0.3 is 0 Å². The maximum Gasteiger partial charge on any atom is 0.217 e. The summed E-state index contributed by atoms with van der Waals surface area (Å²) in [5, 5.41) is 7.63. The summed E-state index contributed by atoms with van der Waals surface area (Å²) in [6, 6.07) is 6.77. The number of aromatic nitrogens is 2. The number of benzene rings is 1. The number of hydrogen-bond donors (Lipinski definition) is 1. The van der Waals surface area contributed by atoms with Crippen molar-refractivity contribution in [2.75, 3.05) is 6.54 Å². The van der Waals surface area contributed by atoms with Crippen LogP contribution in [0.2, 0.25) is 5.02 Å². The van der Waals surface area contributed by atoms with E-state index >= 15 is 0 Å². The summed E-state index contributed by atoms with van der Waals surface area (Å²) < 4.78 is 15.9. The Balaban J connectivity index is 1.66. The molecule has 0 saturated carbocycles. The zero-order valence-corrected chi connectivity index (χ0v) is 13.6. The Hall–Kier alpha value is -1.92. The molecule has 2 aromatic rings. The number of amides is 1. The second-order valence-corrected chi connectivity index (χ2v) is 6.14. The number of rotatable bonds is 4. The van der Waals surface area contributed by atoms with E-state index in [2.05, 4.69) is 15.3 Å². The van der Waals surface area contributed by atoms with Crippen molar-refractivity contribution in [2.45, 2.75) is 33.1 Å². The molecule has 0 saturated heterocycles. The number of carbonyl (C=O) groups excluding carboxylic acids is 1. The number of nitrogens with zero attached hydrogens (tertiary/aromatic N) is 3. The average molecular weight is 337 g/mol. The van der Waals surface area contributed by atoms with E-state index in [4.69, 9.17) is 11.6 Å². The van der Waals surface area contributed by atoms with Crippen LogP contribution in [0.25, 0.3) is 0 Å². The number of fused-ring (bicyclic) bond motifs is 1. The van der Waals surface area contributed by atoms with Crippen LogP contribution in [-0.4, -0.2) is 27.1 Å². The lowest BCUT2D eigenvalue weighted by molar-refractivity contribution is -0.119. The molecular weight excluding hydrogens is 319 g/mol. The normalized spacial score (nSPS) is 14.6. The molecule has 1 aromatic heterocycles. The summed E-state index contributed by atoms with van der Waals surface area (Å²) in [5.74, 6) is -0.348. The topological polar surface area (TPSA) is 50.2 Å². The first-order valence-corrected chi connectivity index (χ1v) is 7.85. The Morgan fingerprint density at radius 2 is 2.22 bits per heavy atom. The Bertz CT molecular complexity index is 731. The van der Waals surface area contributed by atoms with Crippen LogP contribution >= 0.6 is 11.6 Å². The van der Waals surface area contributed by atoms with Crippen molar-refractivity contribution < 1.29 is 9.18 Å². The van der Waals surface area contributed by atoms with Gasteiger partial charge in [0.25, 0.3) is 0 Å². The van der Waals surface area contributed by atoms with Crippen LogP contribution in [0.3, 0.4) is 0 Å². The van der Waals surface area contributed by atoms with Gasteiger partial charge in [0, 0.05) is 37.1 Å². The second-order valence-electron chi connectivity index (χ2n) is 5.71. The van der Waals surface area contributed by atoms with Crippen molar-refractivity contribution >= 4 is 17.5 Å². The molecular formula is C16H18ClFN4O. The molecule has 3 rings (SSSR count). The molecule has 1 amide bonds. The molecule has 122 valence electrons. The third-order valence-corrected chi connectivity index (χ3v) is 4.09. The Morgan fingerprint density at radius 1 is 1.39 bits per heavy atom. The molecule has 7 heteroatoms. The van der Waals surface area contributed by atoms with Gasteiger partial charge in [-0.2, -0.15) is 5.10 Å². The predicted octanol–water partition coefficient (Wildman–Crippen LogP) is 2.33. The second kappa shape index (κ2) is 6.68. The van der Waals surface area contributed by atoms with Gasteiger partial charge in [0.2, 0.25) is 5.91 Å². The quantitative estimate of drug-likeness (QED) is 0.932. The number of nitrogens with one attached hydrogen (secondary N) is 1. The van der Waals surface area contributed by atoms with E-state index in [1.54, 1.807) is 12.1 Å². The number of hydrogen-bond acceptors (Lipinski definition) is 3. The molecule has 0 bridgehead atoms. The minimum Gasteiger partial charge on any atom is -0.351 e. The summed E-state index contributed by atoms with van der Waals surface area (Å²) >= 11 is 5.79. The van der Waals surface area contributed by atoms with E-state index in [0.717, 1.165) is 24.5 Å². The summed E-state index contributed by atoms with van der Waals surface area (Å²) in [6.07, 6.45) is 0. The Morgan fingerprint density at radius 3 is 2.96 bits per heavy atom. The maximum atomic E-state index is 13.9. The van der Waals surface area contributed by atoms with Gasteiger partial charge in [0.15, 0.2) is 0 Å². The fourth-order valence-electron chi connectivity index (χ4n) is 2.71. The standard InChI is InChI=1S/C16H18ClFN4O/c1-11(23)19-8-14-7-15-10-21(4-5-22(15)20-14)9-12-2-3-13(17)6-16(12)18/h2-3,6-7H,4-5,8-10H2,1H3,(H,19,23). The minimum atomic E-state index is -0.275. The predicted molar refractivity (Wildman–Crippen MR) is 85.3 cm³/mol. The lowest BCUT2D eigenvalue weighted by Crippen LogP contribution is -2.33. The van der Waals surface area contributed by atoms with Gasteiger partial charge in [-0.05, 0) is 18.2 Å². The van der Waals surface area contributed by atoms with Crippen LogP contribution in [0.4, 0.5) is 4.39 Å². The van der Waals surface area contributed by atoms with Gasteiger partial charge in [-0.15, -0.1) is 0 Å². The molecule has 23 heavy (non-hydrogen) atoms. The third kappa shape index (κ3) is 3.89. The zero-order chi connectivity index (χ0) is 16.4. The maximum absolute atomic E-state index is 13.9. The molecule has 1 aliphatic heterocycles. The largest absolute Gasteiger partial charge is 0.351 e. The highest BCUT2D eigenvalue weighted by molar-refractivity contribution is 6.30. The van der Waals surface area contributed by atoms with Gasteiger partial charge in [-0.1, -0.05) is 17.7 Å². The molecule has 1 aliphatic rings. The minimum absolute atomic E-state index is 0.0733. The van der Waals surface area contributed by atoms with E-state index in [1.165, 1.54) is 13.0 Å². The van der Waals surface area contributed by atoms with E-state index < -0.39 is 0 Å². The monoisotopic (exact) mass is 336 g/mol. The van der Waals surface area contributed by atoms with Crippen LogP contribution in [-0.2, 0) is 31.0 Å². The van der Waals surface area contributed by atoms with Crippen molar-refractivity contribution in [1.29, 1.82) is 0 Å². The van der Waals surface area contributed by atoms with Crippen molar-refractivity contribution in [3.63, 3.8) is 0 Å². The van der Waals surface area contributed by atoms with E-state index in [0.29, 0.717) is 30.2 Å². The van der Waals surface area contributed by atoms with Gasteiger partial charge < -0.3 is 5.32 Å². The van der Waals surface area contributed by atoms with Crippen LogP contribution in [0.5, 0.6) is 0 Å². The molecule has 0 unspecified atom stereocenters. The smallest absolute Gasteiger partial charge is 0.217 e.